The first kappa shape index (κ1) is 9.89. The van der Waals surface area contributed by atoms with E-state index in [-0.39, 0.29) is 0 Å². The number of hydrogen-bond donors (Lipinski definition) is 1. The topological polar surface area (TPSA) is 69.3 Å². The van der Waals surface area contributed by atoms with Crippen molar-refractivity contribution >= 4 is 11.3 Å². The number of nitrogens with two attached hydrogens (primary N) is 1. The zero-order valence-corrected chi connectivity index (χ0v) is 9.42. The first-order valence-corrected chi connectivity index (χ1v) is 5.46. The zero-order chi connectivity index (χ0) is 11.8. The van der Waals surface area contributed by atoms with Crippen molar-refractivity contribution in [3.63, 3.8) is 0 Å². The van der Waals surface area contributed by atoms with Gasteiger partial charge < -0.3 is 10.2 Å². The molecule has 0 aromatic carbocycles. The maximum atomic E-state index is 5.78. The molecular weight excluding hydrogens is 216 g/mol. The van der Waals surface area contributed by atoms with Crippen molar-refractivity contribution in [3.8, 4) is 11.4 Å². The maximum Gasteiger partial charge on any atom is 0.171 e. The van der Waals surface area contributed by atoms with Gasteiger partial charge in [0.25, 0.3) is 0 Å². The number of hydrogen-bond acceptors (Lipinski definition) is 4. The van der Waals surface area contributed by atoms with Gasteiger partial charge >= 0.3 is 0 Å². The van der Waals surface area contributed by atoms with E-state index in [0.29, 0.717) is 5.69 Å². The van der Waals surface area contributed by atoms with Crippen LogP contribution in [0.25, 0.3) is 17.0 Å². The smallest absolute Gasteiger partial charge is 0.171 e. The first-order valence-electron chi connectivity index (χ1n) is 5.46. The minimum absolute atomic E-state index is 0.681. The average Bonchev–Trinajstić information content (AvgIpc) is 2.93. The lowest BCUT2D eigenvalue weighted by atomic mass is 10.2. The van der Waals surface area contributed by atoms with Crippen LogP contribution < -0.4 is 5.73 Å². The molecule has 3 aromatic heterocycles. The Morgan fingerprint density at radius 3 is 3.00 bits per heavy atom. The molecule has 0 fully saturated rings. The summed E-state index contributed by atoms with van der Waals surface area (Å²) in [5.74, 6) is 1.67. The largest absolute Gasteiger partial charge is 0.469 e. The lowest BCUT2D eigenvalue weighted by Crippen LogP contribution is -1.93. The fourth-order valence-corrected chi connectivity index (χ4v) is 1.90. The maximum absolute atomic E-state index is 5.78. The first-order chi connectivity index (χ1) is 8.29. The van der Waals surface area contributed by atoms with Gasteiger partial charge in [-0.15, -0.1) is 10.2 Å². The molecule has 0 saturated heterocycles. The molecule has 0 unspecified atom stereocenters. The molecule has 3 aromatic rings. The summed E-state index contributed by atoms with van der Waals surface area (Å²) in [6.45, 7) is 2.04. The molecule has 5 nitrogen and oxygen atoms in total. The number of pyridine rings is 1. The molecule has 0 atom stereocenters. The molecule has 3 heterocycles. The summed E-state index contributed by atoms with van der Waals surface area (Å²) in [5, 5.41) is 8.29. The van der Waals surface area contributed by atoms with Gasteiger partial charge in [-0.25, -0.2) is 0 Å². The van der Waals surface area contributed by atoms with Gasteiger partial charge in [-0.2, -0.15) is 0 Å². The molecule has 17 heavy (non-hydrogen) atoms. The van der Waals surface area contributed by atoms with Gasteiger partial charge in [0.15, 0.2) is 11.5 Å². The van der Waals surface area contributed by atoms with Crippen molar-refractivity contribution in [1.82, 2.24) is 14.6 Å². The van der Waals surface area contributed by atoms with E-state index in [4.69, 9.17) is 10.2 Å². The fourth-order valence-electron chi connectivity index (χ4n) is 1.90. The molecule has 86 valence electrons. The molecule has 5 heteroatoms. The number of anilines is 1. The highest BCUT2D eigenvalue weighted by atomic mass is 16.3. The monoisotopic (exact) mass is 228 g/mol. The van der Waals surface area contributed by atoms with Gasteiger partial charge in [-0.1, -0.05) is 6.92 Å². The van der Waals surface area contributed by atoms with Crippen LogP contribution in [-0.4, -0.2) is 14.6 Å². The fraction of sp³-hybridized carbons (Fsp3) is 0.167. The van der Waals surface area contributed by atoms with Gasteiger partial charge in [-0.05, 0) is 18.2 Å². The SMILES string of the molecule is CCc1occc1-c1nnc2ccc(N)cn12. The van der Waals surface area contributed by atoms with E-state index in [1.807, 2.05) is 35.7 Å². The number of aromatic nitrogens is 3. The lowest BCUT2D eigenvalue weighted by molar-refractivity contribution is 0.517. The summed E-state index contributed by atoms with van der Waals surface area (Å²) < 4.78 is 7.28. The third kappa shape index (κ3) is 1.47. The Morgan fingerprint density at radius 2 is 2.18 bits per heavy atom. The Bertz CT molecular complexity index is 668. The predicted molar refractivity (Wildman–Crippen MR) is 64.5 cm³/mol. The standard InChI is InChI=1S/C12H12N4O/c1-2-10-9(5-6-17-10)12-15-14-11-4-3-8(13)7-16(11)12/h3-7H,2,13H2,1H3. The number of furan rings is 1. The van der Waals surface area contributed by atoms with Gasteiger partial charge in [-0.3, -0.25) is 4.40 Å². The average molecular weight is 228 g/mol. The number of nitrogen functional groups attached to an aromatic ring is 1. The number of aryl methyl sites for hydroxylation is 1. The molecule has 0 aliphatic heterocycles. The molecular formula is C12H12N4O. The quantitative estimate of drug-likeness (QED) is 0.729. The molecule has 0 aliphatic rings. The molecule has 0 bridgehead atoms. The highest BCUT2D eigenvalue weighted by Gasteiger charge is 2.13. The second kappa shape index (κ2) is 3.62. The highest BCUT2D eigenvalue weighted by molar-refractivity contribution is 5.62. The molecule has 0 spiro atoms. The molecule has 0 saturated carbocycles. The van der Waals surface area contributed by atoms with E-state index in [2.05, 4.69) is 10.2 Å². The summed E-state index contributed by atoms with van der Waals surface area (Å²) in [5.41, 5.74) is 8.20. The van der Waals surface area contributed by atoms with Crippen molar-refractivity contribution in [3.05, 3.63) is 36.4 Å². The second-order valence-corrected chi connectivity index (χ2v) is 3.83. The molecule has 0 radical (unpaired) electrons. The third-order valence-corrected chi connectivity index (χ3v) is 2.73. The Hall–Kier alpha value is -2.30. The van der Waals surface area contributed by atoms with Crippen molar-refractivity contribution in [2.24, 2.45) is 0 Å². The van der Waals surface area contributed by atoms with E-state index >= 15 is 0 Å². The Balaban J connectivity index is 2.27. The van der Waals surface area contributed by atoms with E-state index in [1.165, 1.54) is 0 Å². The Labute approximate surface area is 97.9 Å². The summed E-state index contributed by atoms with van der Waals surface area (Å²) in [7, 11) is 0. The Morgan fingerprint density at radius 1 is 1.29 bits per heavy atom. The number of rotatable bonds is 2. The van der Waals surface area contributed by atoms with Crippen molar-refractivity contribution in [2.75, 3.05) is 5.73 Å². The summed E-state index contributed by atoms with van der Waals surface area (Å²) in [4.78, 5) is 0. The third-order valence-electron chi connectivity index (χ3n) is 2.73. The minimum Gasteiger partial charge on any atom is -0.469 e. The van der Waals surface area contributed by atoms with Crippen LogP contribution in [0.2, 0.25) is 0 Å². The van der Waals surface area contributed by atoms with Crippen LogP contribution in [0, 0.1) is 0 Å². The molecule has 0 aliphatic carbocycles. The van der Waals surface area contributed by atoms with Gasteiger partial charge in [0, 0.05) is 18.3 Å². The summed E-state index contributed by atoms with van der Waals surface area (Å²) >= 11 is 0. The Kier molecular flexibility index (Phi) is 2.11. The van der Waals surface area contributed by atoms with E-state index in [1.54, 1.807) is 6.26 Å². The minimum atomic E-state index is 0.681. The van der Waals surface area contributed by atoms with Gasteiger partial charge in [0.2, 0.25) is 0 Å². The summed E-state index contributed by atoms with van der Waals surface area (Å²) in [6, 6.07) is 5.56. The van der Waals surface area contributed by atoms with Gasteiger partial charge in [0.05, 0.1) is 11.8 Å². The van der Waals surface area contributed by atoms with Crippen LogP contribution in [0.3, 0.4) is 0 Å². The van der Waals surface area contributed by atoms with Crippen LogP contribution in [0.4, 0.5) is 5.69 Å². The number of fused-ring (bicyclic) bond motifs is 1. The summed E-state index contributed by atoms with van der Waals surface area (Å²) in [6.07, 6.45) is 4.30. The normalized spacial score (nSPS) is 11.1. The van der Waals surface area contributed by atoms with Gasteiger partial charge in [0.1, 0.15) is 5.76 Å². The number of nitrogens with zero attached hydrogens (tertiary/aromatic N) is 3. The molecule has 0 amide bonds. The van der Waals surface area contributed by atoms with Crippen molar-refractivity contribution in [2.45, 2.75) is 13.3 Å². The van der Waals surface area contributed by atoms with E-state index in [9.17, 15) is 0 Å². The lowest BCUT2D eigenvalue weighted by Gasteiger charge is -2.00. The van der Waals surface area contributed by atoms with Crippen molar-refractivity contribution in [1.29, 1.82) is 0 Å². The highest BCUT2D eigenvalue weighted by Crippen LogP contribution is 2.24. The van der Waals surface area contributed by atoms with Crippen LogP contribution in [0.5, 0.6) is 0 Å². The second-order valence-electron chi connectivity index (χ2n) is 3.83. The van der Waals surface area contributed by atoms with Crippen molar-refractivity contribution < 1.29 is 4.42 Å². The van der Waals surface area contributed by atoms with E-state index < -0.39 is 0 Å². The van der Waals surface area contributed by atoms with Crippen LogP contribution in [0.15, 0.2) is 35.1 Å². The zero-order valence-electron chi connectivity index (χ0n) is 9.42. The predicted octanol–water partition coefficient (Wildman–Crippen LogP) is 2.13. The molecule has 2 N–H and O–H groups in total. The van der Waals surface area contributed by atoms with E-state index in [0.717, 1.165) is 29.2 Å². The van der Waals surface area contributed by atoms with Crippen LogP contribution in [0.1, 0.15) is 12.7 Å². The van der Waals surface area contributed by atoms with Crippen LogP contribution in [-0.2, 0) is 6.42 Å². The molecule has 3 rings (SSSR count). The van der Waals surface area contributed by atoms with Crippen LogP contribution >= 0.6 is 0 Å².